The number of aliphatic hydroxyl groups excluding tert-OH is 1. The molecule has 5 N–H and O–H groups in total. The molecule has 2 rings (SSSR count). The molecule has 0 atom stereocenters. The van der Waals surface area contributed by atoms with Gasteiger partial charge in [0.15, 0.2) is 5.70 Å². The van der Waals surface area contributed by atoms with E-state index in [-0.39, 0.29) is 30.6 Å². The zero-order valence-corrected chi connectivity index (χ0v) is 14.7. The predicted octanol–water partition coefficient (Wildman–Crippen LogP) is 1.79. The second-order valence-corrected chi connectivity index (χ2v) is 5.35. The topological polar surface area (TPSA) is 120 Å². The SMILES string of the molecule is CCOC(=O)/C(N)=C(/N=C(\N)c1ccc(F)cc1)Oc1cccc(CO)c1. The van der Waals surface area contributed by atoms with E-state index in [1.54, 1.807) is 31.2 Å². The Morgan fingerprint density at radius 1 is 1.19 bits per heavy atom. The van der Waals surface area contributed by atoms with Gasteiger partial charge in [-0.2, -0.15) is 4.99 Å². The fourth-order valence-electron chi connectivity index (χ4n) is 2.05. The third-order valence-corrected chi connectivity index (χ3v) is 3.38. The number of hydrogen-bond acceptors (Lipinski definition) is 6. The fraction of sp³-hybridized carbons (Fsp3) is 0.158. The Bertz CT molecular complexity index is 864. The summed E-state index contributed by atoms with van der Waals surface area (Å²) in [4.78, 5) is 16.0. The summed E-state index contributed by atoms with van der Waals surface area (Å²) in [6.45, 7) is 1.56. The number of ether oxygens (including phenoxy) is 2. The Morgan fingerprint density at radius 2 is 1.89 bits per heavy atom. The molecule has 7 nitrogen and oxygen atoms in total. The summed E-state index contributed by atoms with van der Waals surface area (Å²) in [6, 6.07) is 11.8. The number of carbonyl (C=O) groups is 1. The molecule has 0 radical (unpaired) electrons. The van der Waals surface area contributed by atoms with E-state index in [0.717, 1.165) is 0 Å². The van der Waals surface area contributed by atoms with Gasteiger partial charge in [0.2, 0.25) is 0 Å². The summed E-state index contributed by atoms with van der Waals surface area (Å²) in [5.41, 5.74) is 12.4. The Labute approximate surface area is 155 Å². The standard InChI is InChI=1S/C19H20FN3O4/c1-2-26-19(25)16(21)18(27-15-5-3-4-12(10-15)11-24)23-17(22)13-6-8-14(20)9-7-13/h3-10,24H,2,11,21H2,1H3,(H2,22,23)/b18-16+. The number of carbonyl (C=O) groups excluding carboxylic acids is 1. The number of esters is 1. The van der Waals surface area contributed by atoms with Gasteiger partial charge in [0.1, 0.15) is 17.4 Å². The van der Waals surface area contributed by atoms with E-state index in [0.29, 0.717) is 16.9 Å². The first-order valence-electron chi connectivity index (χ1n) is 8.09. The average Bonchev–Trinajstić information content (AvgIpc) is 2.67. The van der Waals surface area contributed by atoms with Crippen LogP contribution < -0.4 is 16.2 Å². The first kappa shape index (κ1) is 19.9. The van der Waals surface area contributed by atoms with Crippen LogP contribution in [0.2, 0.25) is 0 Å². The number of aliphatic imine (C=N–C) groups is 1. The maximum Gasteiger partial charge on any atom is 0.359 e. The molecule has 0 saturated carbocycles. The van der Waals surface area contributed by atoms with Gasteiger partial charge >= 0.3 is 5.97 Å². The van der Waals surface area contributed by atoms with Crippen LogP contribution >= 0.6 is 0 Å². The highest BCUT2D eigenvalue weighted by atomic mass is 19.1. The molecule has 142 valence electrons. The van der Waals surface area contributed by atoms with E-state index in [4.69, 9.17) is 20.9 Å². The second kappa shape index (κ2) is 9.35. The van der Waals surface area contributed by atoms with Gasteiger partial charge < -0.3 is 26.0 Å². The molecular weight excluding hydrogens is 353 g/mol. The molecule has 0 aliphatic carbocycles. The Balaban J connectivity index is 2.42. The molecule has 0 fully saturated rings. The zero-order chi connectivity index (χ0) is 19.8. The third kappa shape index (κ3) is 5.55. The molecule has 0 aromatic heterocycles. The highest BCUT2D eigenvalue weighted by Gasteiger charge is 2.16. The number of nitrogens with two attached hydrogens (primary N) is 2. The van der Waals surface area contributed by atoms with E-state index in [9.17, 15) is 14.3 Å². The monoisotopic (exact) mass is 373 g/mol. The largest absolute Gasteiger partial charge is 0.461 e. The van der Waals surface area contributed by atoms with Crippen LogP contribution in [0, 0.1) is 5.82 Å². The highest BCUT2D eigenvalue weighted by Crippen LogP contribution is 2.19. The van der Waals surface area contributed by atoms with Crippen LogP contribution in [0.1, 0.15) is 18.1 Å². The van der Waals surface area contributed by atoms with E-state index >= 15 is 0 Å². The van der Waals surface area contributed by atoms with Crippen molar-refractivity contribution in [1.29, 1.82) is 0 Å². The zero-order valence-electron chi connectivity index (χ0n) is 14.7. The number of benzene rings is 2. The van der Waals surface area contributed by atoms with E-state index in [1.165, 1.54) is 24.3 Å². The normalized spacial score (nSPS) is 12.3. The van der Waals surface area contributed by atoms with Crippen molar-refractivity contribution in [1.82, 2.24) is 0 Å². The first-order valence-corrected chi connectivity index (χ1v) is 8.09. The van der Waals surface area contributed by atoms with Gasteiger partial charge in [0.05, 0.1) is 13.2 Å². The Kier molecular flexibility index (Phi) is 6.90. The van der Waals surface area contributed by atoms with Crippen molar-refractivity contribution in [3.05, 3.63) is 77.1 Å². The van der Waals surface area contributed by atoms with E-state index in [1.807, 2.05) is 0 Å². The molecule has 0 heterocycles. The second-order valence-electron chi connectivity index (χ2n) is 5.35. The quantitative estimate of drug-likeness (QED) is 0.224. The summed E-state index contributed by atoms with van der Waals surface area (Å²) in [6.07, 6.45) is 0. The number of halogens is 1. The van der Waals surface area contributed by atoms with Crippen molar-refractivity contribution < 1.29 is 23.8 Å². The summed E-state index contributed by atoms with van der Waals surface area (Å²) < 4.78 is 23.5. The maximum atomic E-state index is 13.1. The lowest BCUT2D eigenvalue weighted by molar-refractivity contribution is -0.138. The molecule has 0 saturated heterocycles. The molecule has 8 heteroatoms. The molecule has 0 bridgehead atoms. The molecule has 2 aromatic rings. The summed E-state index contributed by atoms with van der Waals surface area (Å²) in [5, 5.41) is 9.24. The van der Waals surface area contributed by atoms with Crippen LogP contribution in [-0.2, 0) is 16.1 Å². The van der Waals surface area contributed by atoms with Crippen molar-refractivity contribution in [2.24, 2.45) is 16.5 Å². The van der Waals surface area contributed by atoms with Crippen LogP contribution in [0.15, 0.2) is 65.1 Å². The minimum atomic E-state index is -0.818. The van der Waals surface area contributed by atoms with Gasteiger partial charge in [-0.25, -0.2) is 9.18 Å². The van der Waals surface area contributed by atoms with Crippen molar-refractivity contribution in [3.63, 3.8) is 0 Å². The molecule has 0 aliphatic heterocycles. The van der Waals surface area contributed by atoms with Gasteiger partial charge in [0.25, 0.3) is 5.88 Å². The highest BCUT2D eigenvalue weighted by molar-refractivity contribution is 5.98. The van der Waals surface area contributed by atoms with Crippen molar-refractivity contribution >= 4 is 11.8 Å². The minimum absolute atomic E-state index is 0.0319. The number of nitrogens with zero attached hydrogens (tertiary/aromatic N) is 1. The summed E-state index contributed by atoms with van der Waals surface area (Å²) >= 11 is 0. The lowest BCUT2D eigenvalue weighted by atomic mass is 10.2. The number of rotatable bonds is 7. The molecule has 2 aromatic carbocycles. The maximum absolute atomic E-state index is 13.1. The first-order chi connectivity index (χ1) is 12.9. The predicted molar refractivity (Wildman–Crippen MR) is 98.0 cm³/mol. The molecular formula is C19H20FN3O4. The summed E-state index contributed by atoms with van der Waals surface area (Å²) in [7, 11) is 0. The van der Waals surface area contributed by atoms with Crippen LogP contribution in [0.4, 0.5) is 4.39 Å². The van der Waals surface area contributed by atoms with Crippen LogP contribution in [0.25, 0.3) is 0 Å². The summed E-state index contributed by atoms with van der Waals surface area (Å²) in [5.74, 6) is -1.26. The van der Waals surface area contributed by atoms with Gasteiger partial charge in [-0.1, -0.05) is 12.1 Å². The molecule has 0 aliphatic rings. The minimum Gasteiger partial charge on any atom is -0.461 e. The van der Waals surface area contributed by atoms with Gasteiger partial charge in [-0.3, -0.25) is 0 Å². The van der Waals surface area contributed by atoms with E-state index in [2.05, 4.69) is 4.99 Å². The lowest BCUT2D eigenvalue weighted by Gasteiger charge is -2.11. The Hall–Kier alpha value is -3.39. The van der Waals surface area contributed by atoms with Crippen molar-refractivity contribution in [3.8, 4) is 5.75 Å². The van der Waals surface area contributed by atoms with Crippen LogP contribution in [0.5, 0.6) is 5.75 Å². The van der Waals surface area contributed by atoms with Crippen LogP contribution in [-0.4, -0.2) is 23.5 Å². The van der Waals surface area contributed by atoms with Gasteiger partial charge in [-0.05, 0) is 48.9 Å². The third-order valence-electron chi connectivity index (χ3n) is 3.38. The van der Waals surface area contributed by atoms with E-state index < -0.39 is 11.8 Å². The van der Waals surface area contributed by atoms with Crippen LogP contribution in [0.3, 0.4) is 0 Å². The van der Waals surface area contributed by atoms with Crippen molar-refractivity contribution in [2.45, 2.75) is 13.5 Å². The average molecular weight is 373 g/mol. The number of aliphatic hydroxyl groups is 1. The smallest absolute Gasteiger partial charge is 0.359 e. The fourth-order valence-corrected chi connectivity index (χ4v) is 2.05. The van der Waals surface area contributed by atoms with Gasteiger partial charge in [-0.15, -0.1) is 0 Å². The molecule has 0 amide bonds. The molecule has 0 spiro atoms. The molecule has 27 heavy (non-hydrogen) atoms. The number of amidine groups is 1. The lowest BCUT2D eigenvalue weighted by Crippen LogP contribution is -2.21. The molecule has 0 unspecified atom stereocenters. The Morgan fingerprint density at radius 3 is 2.52 bits per heavy atom. The number of hydrogen-bond donors (Lipinski definition) is 3. The van der Waals surface area contributed by atoms with Gasteiger partial charge in [0, 0.05) is 5.56 Å². The van der Waals surface area contributed by atoms with Crippen molar-refractivity contribution in [2.75, 3.05) is 6.61 Å².